The zero-order chi connectivity index (χ0) is 62.9. The zero-order valence-corrected chi connectivity index (χ0v) is 57.6. The molecule has 6 aromatic carbocycles. The molecule has 0 radical (unpaired) electrons. The zero-order valence-electron chi connectivity index (χ0n) is 54.2. The fourth-order valence-corrected chi connectivity index (χ4v) is 13.0. The first-order valence-electron chi connectivity index (χ1n) is 30.9. The second-order valence-corrected chi connectivity index (χ2v) is 29.8. The number of aromatic nitrogens is 4. The number of aryl methyl sites for hydroxylation is 4. The van der Waals surface area contributed by atoms with E-state index in [9.17, 15) is 9.59 Å². The maximum Gasteiger partial charge on any atom is 2.00 e. The maximum atomic E-state index is 11.8. The van der Waals surface area contributed by atoms with Gasteiger partial charge in [-0.15, -0.1) is 23.3 Å². The molecule has 0 saturated carbocycles. The van der Waals surface area contributed by atoms with Crippen LogP contribution in [0.5, 0.6) is 11.5 Å². The van der Waals surface area contributed by atoms with E-state index in [4.69, 9.17) is 9.05 Å². The minimum atomic E-state index is -1.35. The number of carbonyl (C=O) groups is 2. The van der Waals surface area contributed by atoms with Crippen LogP contribution in [0.25, 0.3) is 11.1 Å². The molecule has 8 nitrogen and oxygen atoms in total. The van der Waals surface area contributed by atoms with Crippen LogP contribution in [0.1, 0.15) is 153 Å². The van der Waals surface area contributed by atoms with Gasteiger partial charge in [-0.3, -0.25) is 26.9 Å². The molecule has 0 N–H and O–H groups in total. The van der Waals surface area contributed by atoms with E-state index in [0.717, 1.165) is 70.6 Å². The molecule has 0 unspecified atom stereocenters. The monoisotopic (exact) mass is 1310 g/mol. The van der Waals surface area contributed by atoms with Crippen molar-refractivity contribution in [2.24, 2.45) is 0 Å². The van der Waals surface area contributed by atoms with Gasteiger partial charge in [-0.05, 0) is 118 Å². The van der Waals surface area contributed by atoms with Crippen LogP contribution in [0, 0.1) is 12.1 Å². The summed E-state index contributed by atoms with van der Waals surface area (Å²) in [5.41, 5.74) is 10.3. The maximum absolute atomic E-state index is 11.8. The summed E-state index contributed by atoms with van der Waals surface area (Å²) in [5, 5.41) is 0. The van der Waals surface area contributed by atoms with Gasteiger partial charge in [0.05, 0.1) is 0 Å². The summed E-state index contributed by atoms with van der Waals surface area (Å²) in [6.45, 7) is 27.1. The molecule has 0 aliphatic heterocycles. The Labute approximate surface area is 548 Å². The summed E-state index contributed by atoms with van der Waals surface area (Å²) in [4.78, 5) is 23.6. The van der Waals surface area contributed by atoms with Gasteiger partial charge in [0.2, 0.25) is 0 Å². The van der Waals surface area contributed by atoms with Crippen LogP contribution in [0.4, 0.5) is 0 Å². The minimum absolute atomic E-state index is 0. The Hall–Kier alpha value is -7.10. The molecule has 4 heterocycles. The number of hydrogen-bond acceptors (Lipinski definition) is 4. The van der Waals surface area contributed by atoms with E-state index in [1.165, 1.54) is 22.3 Å². The first kappa shape index (κ1) is 69.4. The normalized spacial score (nSPS) is 11.7. The van der Waals surface area contributed by atoms with Crippen molar-refractivity contribution >= 4 is 28.5 Å². The summed E-state index contributed by atoms with van der Waals surface area (Å²) in [7, 11) is -2.71. The van der Waals surface area contributed by atoms with Gasteiger partial charge in [0.25, 0.3) is 0 Å². The van der Waals surface area contributed by atoms with Crippen molar-refractivity contribution in [3.8, 4) is 22.6 Å². The van der Waals surface area contributed by atoms with Gasteiger partial charge in [-0.25, -0.2) is 0 Å². The van der Waals surface area contributed by atoms with E-state index in [0.29, 0.717) is 37.2 Å². The molecule has 11 heteroatoms. The first-order chi connectivity index (χ1) is 42.0. The molecule has 10 rings (SSSR count). The first-order valence-corrected chi connectivity index (χ1v) is 33.3. The van der Waals surface area contributed by atoms with E-state index in [-0.39, 0.29) is 42.1 Å². The molecule has 0 aliphatic carbocycles. The van der Waals surface area contributed by atoms with Crippen molar-refractivity contribution in [2.75, 3.05) is 0 Å². The van der Waals surface area contributed by atoms with Gasteiger partial charge >= 0.3 is 37.3 Å². The third-order valence-corrected chi connectivity index (χ3v) is 18.5. The van der Waals surface area contributed by atoms with Gasteiger partial charge in [-0.1, -0.05) is 216 Å². The Morgan fingerprint density at radius 3 is 0.775 bits per heavy atom. The van der Waals surface area contributed by atoms with Gasteiger partial charge in [0.1, 0.15) is 11.6 Å². The molecule has 0 bridgehead atoms. The molecule has 4 aromatic heterocycles. The summed E-state index contributed by atoms with van der Waals surface area (Å²) in [6, 6.07) is 69.7. The fraction of sp³-hybridized carbons (Fsp3) is 0.308. The quantitative estimate of drug-likeness (QED) is 0.0408. The van der Waals surface area contributed by atoms with Gasteiger partial charge < -0.3 is 9.05 Å². The molecule has 0 atom stereocenters. The smallest absolute Gasteiger partial charge is 0.494 e. The Balaban J connectivity index is 0.000000246. The Bertz CT molecular complexity index is 3290. The van der Waals surface area contributed by atoms with Crippen molar-refractivity contribution < 1.29 is 39.1 Å². The van der Waals surface area contributed by atoms with Crippen LogP contribution in [0.15, 0.2) is 232 Å². The molecule has 0 spiro atoms. The number of hydrogen-bond donors (Lipinski definition) is 0. The van der Waals surface area contributed by atoms with Crippen LogP contribution in [-0.2, 0) is 77.4 Å². The summed E-state index contributed by atoms with van der Waals surface area (Å²) in [5.74, 6) is 2.30. The fourth-order valence-electron chi connectivity index (χ4n) is 9.92. The van der Waals surface area contributed by atoms with Crippen molar-refractivity contribution in [3.63, 3.8) is 0 Å². The minimum Gasteiger partial charge on any atom is -0.494 e. The van der Waals surface area contributed by atoms with E-state index in [1.54, 1.807) is 0 Å². The molecule has 0 saturated heterocycles. The van der Waals surface area contributed by atoms with E-state index in [1.807, 2.05) is 72.8 Å². The van der Waals surface area contributed by atoms with E-state index in [2.05, 4.69) is 271 Å². The van der Waals surface area contributed by atoms with E-state index >= 15 is 0 Å². The number of carbonyl (C=O) groups excluding carboxylic acids is 2. The second kappa shape index (κ2) is 32.1. The molecule has 89 heavy (non-hydrogen) atoms. The largest absolute Gasteiger partial charge is 2.00 e. The summed E-state index contributed by atoms with van der Waals surface area (Å²) >= 11 is 0. The standard InChI is InChI=1S/C44H54N4O2P2.2C17H18O.Pd/c1-41(2,3)33-29-35(39(37(31-33)43(7,8)9)49-51(45-21-13-14-22-45)46-23-15-16-24-46)36-30-34(42(4,5)6)32-38(44(10,11)12)40(36)50-52(47-25-17-18-26-47)48-27-19-20-28-48;2*18-17(13-11-15-7-3-1-4-8-15)14-12-16-9-5-2-6-10-16;/h13-28,31-32H,1-12H3;2*1-10H,11-14H2;/q-2;;;+2. The number of benzene rings is 6. The third kappa shape index (κ3) is 20.5. The van der Waals surface area contributed by atoms with Crippen LogP contribution in [0.3, 0.4) is 0 Å². The average molecular weight is 1320 g/mol. The molecular formula is C78H90N4O4P2Pd. The number of Topliss-reactive ketones (excluding diaryl/α,β-unsaturated/α-hetero) is 2. The Morgan fingerprint density at radius 1 is 0.348 bits per heavy atom. The average Bonchev–Trinajstić information content (AvgIpc) is 1.48. The van der Waals surface area contributed by atoms with Crippen LogP contribution >= 0.6 is 16.9 Å². The Kier molecular flexibility index (Phi) is 25.0. The van der Waals surface area contributed by atoms with Crippen molar-refractivity contribution in [1.29, 1.82) is 0 Å². The van der Waals surface area contributed by atoms with Gasteiger partial charge in [0.15, 0.2) is 0 Å². The summed E-state index contributed by atoms with van der Waals surface area (Å²) < 4.78 is 23.5. The van der Waals surface area contributed by atoms with Crippen molar-refractivity contribution in [2.45, 2.75) is 156 Å². The molecule has 0 fully saturated rings. The molecule has 466 valence electrons. The van der Waals surface area contributed by atoms with Gasteiger partial charge in [0, 0.05) is 86.8 Å². The van der Waals surface area contributed by atoms with E-state index < -0.39 is 16.9 Å². The number of nitrogens with zero attached hydrogens (tertiary/aromatic N) is 4. The predicted octanol–water partition coefficient (Wildman–Crippen LogP) is 20.4. The van der Waals surface area contributed by atoms with Crippen LogP contribution < -0.4 is 9.05 Å². The molecule has 0 amide bonds. The second-order valence-electron chi connectivity index (χ2n) is 26.6. The topological polar surface area (TPSA) is 72.3 Å². The SMILES string of the molecule is CC(C)(C)c1[c-]c(-c2[c-]c(C(C)(C)C)cc(C(C)(C)C)c2OP(n2cccc2)n2cccc2)c(OP(n2cccc2)n2cccc2)c(C(C)(C)C)c1.O=C(CCc1ccccc1)CCc1ccccc1.O=C(CCc1ccccc1)CCc1ccccc1.[Pd+2]. The number of rotatable bonds is 21. The third-order valence-electron chi connectivity index (χ3n) is 15.2. The Morgan fingerprint density at radius 2 is 0.573 bits per heavy atom. The molecule has 0 aliphatic rings. The predicted molar refractivity (Wildman–Crippen MR) is 368 cm³/mol. The van der Waals surface area contributed by atoms with Crippen molar-refractivity contribution in [3.05, 3.63) is 288 Å². The van der Waals surface area contributed by atoms with Crippen LogP contribution in [0.2, 0.25) is 0 Å². The molecule has 10 aromatic rings. The van der Waals surface area contributed by atoms with Gasteiger partial charge in [-0.2, -0.15) is 23.3 Å². The van der Waals surface area contributed by atoms with Crippen LogP contribution in [-0.4, -0.2) is 28.9 Å². The van der Waals surface area contributed by atoms with Crippen molar-refractivity contribution in [1.82, 2.24) is 17.4 Å². The summed E-state index contributed by atoms with van der Waals surface area (Å²) in [6.07, 6.45) is 22.7. The molecular weight excluding hydrogens is 1230 g/mol. The number of ketones is 2.